The average molecular weight is 296 g/mol. The summed E-state index contributed by atoms with van der Waals surface area (Å²) in [7, 11) is 0. The quantitative estimate of drug-likeness (QED) is 0.855. The maximum Gasteiger partial charge on any atom is 0.406 e. The van der Waals surface area contributed by atoms with Crippen LogP contribution < -0.4 is 0 Å². The summed E-state index contributed by atoms with van der Waals surface area (Å²) >= 11 is 0. The molecule has 1 aliphatic rings. The zero-order valence-corrected chi connectivity index (χ0v) is 11.5. The van der Waals surface area contributed by atoms with Crippen molar-refractivity contribution in [3.8, 4) is 6.07 Å². The van der Waals surface area contributed by atoms with Crippen molar-refractivity contribution in [2.45, 2.75) is 32.0 Å². The molecule has 3 nitrogen and oxygen atoms in total. The van der Waals surface area contributed by atoms with Crippen molar-refractivity contribution in [2.24, 2.45) is 5.92 Å². The lowest BCUT2D eigenvalue weighted by molar-refractivity contribution is -0.144. The summed E-state index contributed by atoms with van der Waals surface area (Å²) in [4.78, 5) is 13.3. The van der Waals surface area contributed by atoms with E-state index in [1.807, 2.05) is 6.07 Å². The highest BCUT2D eigenvalue weighted by molar-refractivity contribution is 5.94. The number of rotatable bonds is 4. The maximum absolute atomic E-state index is 12.7. The minimum Gasteiger partial charge on any atom is -0.327 e. The van der Waals surface area contributed by atoms with Gasteiger partial charge in [-0.3, -0.25) is 4.79 Å². The molecule has 0 N–H and O–H groups in total. The highest BCUT2D eigenvalue weighted by atomic mass is 19.4. The molecule has 1 aliphatic carbocycles. The van der Waals surface area contributed by atoms with Crippen LogP contribution in [0.3, 0.4) is 0 Å². The highest BCUT2D eigenvalue weighted by Crippen LogP contribution is 2.36. The first kappa shape index (κ1) is 15.4. The van der Waals surface area contributed by atoms with Crippen LogP contribution in [0.5, 0.6) is 0 Å². The Morgan fingerprint density at radius 3 is 2.67 bits per heavy atom. The van der Waals surface area contributed by atoms with Crippen LogP contribution in [0, 0.1) is 17.2 Å². The molecule has 0 spiro atoms. The van der Waals surface area contributed by atoms with Gasteiger partial charge in [0.1, 0.15) is 6.54 Å². The molecule has 1 saturated carbocycles. The van der Waals surface area contributed by atoms with Gasteiger partial charge in [0.2, 0.25) is 0 Å². The number of alkyl halides is 3. The summed E-state index contributed by atoms with van der Waals surface area (Å²) in [6, 6.07) is 7.20. The first-order valence-electron chi connectivity index (χ1n) is 6.69. The minimum absolute atomic E-state index is 0.116. The third kappa shape index (κ3) is 3.97. The van der Waals surface area contributed by atoms with Gasteiger partial charge >= 0.3 is 6.18 Å². The van der Waals surface area contributed by atoms with E-state index < -0.39 is 24.7 Å². The number of nitrogens with zero attached hydrogens (tertiary/aromatic N) is 2. The van der Waals surface area contributed by atoms with Crippen LogP contribution in [0.25, 0.3) is 0 Å². The van der Waals surface area contributed by atoms with Crippen LogP contribution in [0.4, 0.5) is 13.2 Å². The second-order valence-electron chi connectivity index (χ2n) is 5.32. The molecule has 0 radical (unpaired) electrons. The van der Waals surface area contributed by atoms with Gasteiger partial charge in [0.05, 0.1) is 11.6 Å². The monoisotopic (exact) mass is 296 g/mol. The van der Waals surface area contributed by atoms with E-state index in [0.717, 1.165) is 17.7 Å². The molecule has 1 aromatic rings. The van der Waals surface area contributed by atoms with Crippen LogP contribution in [-0.2, 0) is 0 Å². The molecule has 0 saturated heterocycles. The lowest BCUT2D eigenvalue weighted by Crippen LogP contribution is -2.45. The molecular weight excluding hydrogens is 281 g/mol. The molecule has 0 unspecified atom stereocenters. The highest BCUT2D eigenvalue weighted by Gasteiger charge is 2.40. The van der Waals surface area contributed by atoms with Gasteiger partial charge in [-0.05, 0) is 43.9 Å². The molecule has 0 bridgehead atoms. The van der Waals surface area contributed by atoms with Crippen LogP contribution in [0.1, 0.15) is 35.7 Å². The normalized spacial score (nSPS) is 16.1. The number of amides is 1. The van der Waals surface area contributed by atoms with Gasteiger partial charge in [-0.25, -0.2) is 0 Å². The van der Waals surface area contributed by atoms with E-state index >= 15 is 0 Å². The summed E-state index contributed by atoms with van der Waals surface area (Å²) in [5.41, 5.74) is 0.373. The summed E-state index contributed by atoms with van der Waals surface area (Å²) in [6.45, 7) is 0.385. The number of hydrogen-bond acceptors (Lipinski definition) is 2. The van der Waals surface area contributed by atoms with Crippen molar-refractivity contribution in [2.75, 3.05) is 6.54 Å². The average Bonchev–Trinajstić information content (AvgIpc) is 3.27. The second kappa shape index (κ2) is 5.76. The van der Waals surface area contributed by atoms with Gasteiger partial charge in [0.15, 0.2) is 0 Å². The Balaban J connectivity index is 2.26. The zero-order chi connectivity index (χ0) is 15.6. The molecule has 112 valence electrons. The summed E-state index contributed by atoms with van der Waals surface area (Å²) in [5, 5.41) is 8.82. The second-order valence-corrected chi connectivity index (χ2v) is 5.32. The largest absolute Gasteiger partial charge is 0.406 e. The topological polar surface area (TPSA) is 44.1 Å². The molecule has 1 amide bonds. The van der Waals surface area contributed by atoms with E-state index in [2.05, 4.69) is 0 Å². The van der Waals surface area contributed by atoms with Gasteiger partial charge in [0.25, 0.3) is 5.91 Å². The third-order valence-electron chi connectivity index (χ3n) is 3.64. The molecule has 6 heteroatoms. The molecule has 1 fully saturated rings. The predicted molar refractivity (Wildman–Crippen MR) is 70.4 cm³/mol. The lowest BCUT2D eigenvalue weighted by atomic mass is 10.1. The van der Waals surface area contributed by atoms with Crippen molar-refractivity contribution >= 4 is 5.91 Å². The van der Waals surface area contributed by atoms with E-state index in [9.17, 15) is 18.0 Å². The number of halogens is 3. The van der Waals surface area contributed by atoms with Crippen molar-refractivity contribution in [3.63, 3.8) is 0 Å². The fourth-order valence-corrected chi connectivity index (χ4v) is 2.31. The zero-order valence-electron chi connectivity index (χ0n) is 11.5. The standard InChI is InChI=1S/C15H15F3N2O/c1-10(12-5-6-12)20(9-15(16,17)18)14(21)13-4-2-3-11(7-13)8-19/h2-4,7,10,12H,5-6,9H2,1H3/t10-/m1/s1. The summed E-state index contributed by atoms with van der Waals surface area (Å²) < 4.78 is 38.2. The Labute approximate surface area is 121 Å². The lowest BCUT2D eigenvalue weighted by Gasteiger charge is -2.30. The number of benzene rings is 1. The van der Waals surface area contributed by atoms with Crippen LogP contribution in [0.15, 0.2) is 24.3 Å². The molecule has 0 aromatic heterocycles. The van der Waals surface area contributed by atoms with Crippen molar-refractivity contribution < 1.29 is 18.0 Å². The Morgan fingerprint density at radius 2 is 2.14 bits per heavy atom. The Kier molecular flexibility index (Phi) is 4.21. The molecule has 21 heavy (non-hydrogen) atoms. The number of carbonyl (C=O) groups excluding carboxylic acids is 1. The van der Waals surface area contributed by atoms with Crippen LogP contribution in [0.2, 0.25) is 0 Å². The van der Waals surface area contributed by atoms with E-state index in [0.29, 0.717) is 0 Å². The fourth-order valence-electron chi connectivity index (χ4n) is 2.31. The van der Waals surface area contributed by atoms with Gasteiger partial charge in [0, 0.05) is 11.6 Å². The van der Waals surface area contributed by atoms with Crippen molar-refractivity contribution in [1.82, 2.24) is 4.90 Å². The van der Waals surface area contributed by atoms with Crippen molar-refractivity contribution in [1.29, 1.82) is 5.26 Å². The van der Waals surface area contributed by atoms with E-state index in [-0.39, 0.29) is 17.0 Å². The van der Waals surface area contributed by atoms with Gasteiger partial charge in [-0.2, -0.15) is 18.4 Å². The number of nitriles is 1. The van der Waals surface area contributed by atoms with Gasteiger partial charge < -0.3 is 4.90 Å². The van der Waals surface area contributed by atoms with E-state index in [1.54, 1.807) is 6.92 Å². The molecule has 2 rings (SSSR count). The number of carbonyl (C=O) groups is 1. The SMILES string of the molecule is C[C@H](C1CC1)N(CC(F)(F)F)C(=O)c1cccc(C#N)c1. The van der Waals surface area contributed by atoms with Crippen LogP contribution >= 0.6 is 0 Å². The van der Waals surface area contributed by atoms with Crippen LogP contribution in [-0.4, -0.2) is 29.6 Å². The Bertz CT molecular complexity index is 573. The summed E-state index contributed by atoms with van der Waals surface area (Å²) in [5.74, 6) is -0.542. The first-order valence-corrected chi connectivity index (χ1v) is 6.69. The minimum atomic E-state index is -4.44. The van der Waals surface area contributed by atoms with E-state index in [4.69, 9.17) is 5.26 Å². The molecule has 0 aliphatic heterocycles. The van der Waals surface area contributed by atoms with E-state index in [1.165, 1.54) is 24.3 Å². The predicted octanol–water partition coefficient (Wildman–Crippen LogP) is 3.36. The smallest absolute Gasteiger partial charge is 0.327 e. The Hall–Kier alpha value is -2.03. The summed E-state index contributed by atoms with van der Waals surface area (Å²) in [6.07, 6.45) is -2.74. The van der Waals surface area contributed by atoms with Crippen molar-refractivity contribution in [3.05, 3.63) is 35.4 Å². The molecular formula is C15H15F3N2O. The van der Waals surface area contributed by atoms with Gasteiger partial charge in [-0.1, -0.05) is 6.07 Å². The third-order valence-corrected chi connectivity index (χ3v) is 3.64. The molecule has 0 heterocycles. The fraction of sp³-hybridized carbons (Fsp3) is 0.467. The first-order chi connectivity index (χ1) is 9.81. The molecule has 1 atom stereocenters. The van der Waals surface area contributed by atoms with Gasteiger partial charge in [-0.15, -0.1) is 0 Å². The Morgan fingerprint density at radius 1 is 1.48 bits per heavy atom. The number of hydrogen-bond donors (Lipinski definition) is 0. The molecule has 1 aromatic carbocycles. The maximum atomic E-state index is 12.7.